The third kappa shape index (κ3) is 5.30. The first-order chi connectivity index (χ1) is 10.2. The van der Waals surface area contributed by atoms with Gasteiger partial charge in [-0.15, -0.1) is 11.3 Å². The van der Waals surface area contributed by atoms with Gasteiger partial charge in [-0.05, 0) is 18.1 Å². The molecule has 2 rings (SSSR count). The first-order valence-corrected chi connectivity index (χ1v) is 8.62. The molecule has 0 aliphatic rings. The molecule has 1 aromatic carbocycles. The molecule has 1 unspecified atom stereocenters. The first kappa shape index (κ1) is 16.3. The second kappa shape index (κ2) is 8.36. The van der Waals surface area contributed by atoms with E-state index in [1.54, 1.807) is 30.2 Å². The van der Waals surface area contributed by atoms with Gasteiger partial charge in [-0.2, -0.15) is 0 Å². The number of fused-ring (bicyclic) bond motifs is 1. The number of thioether (sulfide) groups is 1. The highest BCUT2D eigenvalue weighted by molar-refractivity contribution is 8.01. The predicted octanol–water partition coefficient (Wildman–Crippen LogP) is 3.60. The minimum Gasteiger partial charge on any atom is -0.463 e. The number of benzene rings is 1. The average Bonchev–Trinajstić information content (AvgIpc) is 2.88. The summed E-state index contributed by atoms with van der Waals surface area (Å²) in [6, 6.07) is 8.11. The molecular weight excluding hydrogens is 306 g/mol. The number of ether oxygens (including phenoxy) is 2. The molecule has 0 amide bonds. The Balaban J connectivity index is 1.75. The standard InChI is InChI=1S/C15H19NO3S2/c1-11(9-14(17)19-8-7-18-2)10-20-15-16-12-5-3-4-6-13(12)21-15/h3-6,11H,7-10H2,1-2H3. The molecule has 0 bridgehead atoms. The quantitative estimate of drug-likeness (QED) is 0.421. The van der Waals surface area contributed by atoms with Crippen LogP contribution in [0.4, 0.5) is 0 Å². The zero-order valence-corrected chi connectivity index (χ0v) is 13.8. The van der Waals surface area contributed by atoms with Crippen molar-refractivity contribution in [1.29, 1.82) is 0 Å². The molecule has 4 nitrogen and oxygen atoms in total. The van der Waals surface area contributed by atoms with E-state index in [2.05, 4.69) is 18.0 Å². The zero-order chi connectivity index (χ0) is 15.1. The van der Waals surface area contributed by atoms with Crippen LogP contribution in [0.1, 0.15) is 13.3 Å². The van der Waals surface area contributed by atoms with Crippen molar-refractivity contribution < 1.29 is 14.3 Å². The van der Waals surface area contributed by atoms with Gasteiger partial charge in [0.2, 0.25) is 0 Å². The molecule has 0 N–H and O–H groups in total. The van der Waals surface area contributed by atoms with Crippen LogP contribution in [0.2, 0.25) is 0 Å². The number of aromatic nitrogens is 1. The number of methoxy groups -OCH3 is 1. The molecule has 0 fully saturated rings. The minimum absolute atomic E-state index is 0.163. The number of hydrogen-bond donors (Lipinski definition) is 0. The topological polar surface area (TPSA) is 48.4 Å². The molecule has 21 heavy (non-hydrogen) atoms. The molecule has 1 aromatic heterocycles. The molecule has 0 saturated carbocycles. The van der Waals surface area contributed by atoms with Crippen molar-refractivity contribution in [2.24, 2.45) is 5.92 Å². The summed E-state index contributed by atoms with van der Waals surface area (Å²) in [5.74, 6) is 0.959. The third-order valence-corrected chi connectivity index (χ3v) is 5.34. The summed E-state index contributed by atoms with van der Waals surface area (Å²) in [5, 5.41) is 0. The van der Waals surface area contributed by atoms with E-state index < -0.39 is 0 Å². The molecule has 0 radical (unpaired) electrons. The van der Waals surface area contributed by atoms with Crippen molar-refractivity contribution in [2.75, 3.05) is 26.1 Å². The van der Waals surface area contributed by atoms with Gasteiger partial charge in [0.15, 0.2) is 4.34 Å². The van der Waals surface area contributed by atoms with Crippen LogP contribution in [0, 0.1) is 5.92 Å². The van der Waals surface area contributed by atoms with Crippen molar-refractivity contribution >= 4 is 39.3 Å². The summed E-state index contributed by atoms with van der Waals surface area (Å²) in [7, 11) is 1.59. The number of esters is 1. The van der Waals surface area contributed by atoms with Gasteiger partial charge in [-0.1, -0.05) is 30.8 Å². The van der Waals surface area contributed by atoms with Crippen molar-refractivity contribution in [2.45, 2.75) is 17.7 Å². The molecule has 0 aliphatic heterocycles. The smallest absolute Gasteiger partial charge is 0.306 e. The van der Waals surface area contributed by atoms with Gasteiger partial charge >= 0.3 is 5.97 Å². The van der Waals surface area contributed by atoms with E-state index >= 15 is 0 Å². The lowest BCUT2D eigenvalue weighted by atomic mass is 10.1. The van der Waals surface area contributed by atoms with Gasteiger partial charge in [0.05, 0.1) is 16.8 Å². The number of rotatable bonds is 8. The number of carbonyl (C=O) groups is 1. The molecule has 0 aliphatic carbocycles. The molecule has 6 heteroatoms. The van der Waals surface area contributed by atoms with E-state index in [1.807, 2.05) is 18.2 Å². The van der Waals surface area contributed by atoms with Gasteiger partial charge in [-0.3, -0.25) is 4.79 Å². The SMILES string of the molecule is COCCOC(=O)CC(C)CSc1nc2ccccc2s1. The van der Waals surface area contributed by atoms with Crippen LogP contribution < -0.4 is 0 Å². The van der Waals surface area contributed by atoms with Gasteiger partial charge in [0, 0.05) is 19.3 Å². The Morgan fingerprint density at radius 1 is 1.38 bits per heavy atom. The Labute approximate surface area is 132 Å². The number of nitrogens with zero attached hydrogens (tertiary/aromatic N) is 1. The average molecular weight is 325 g/mol. The Morgan fingerprint density at radius 3 is 2.95 bits per heavy atom. The molecule has 2 aromatic rings. The van der Waals surface area contributed by atoms with Crippen LogP contribution in [0.25, 0.3) is 10.2 Å². The number of carbonyl (C=O) groups excluding carboxylic acids is 1. The summed E-state index contributed by atoms with van der Waals surface area (Å²) in [4.78, 5) is 16.2. The summed E-state index contributed by atoms with van der Waals surface area (Å²) < 4.78 is 12.2. The fourth-order valence-electron chi connectivity index (χ4n) is 1.77. The van der Waals surface area contributed by atoms with E-state index in [-0.39, 0.29) is 11.9 Å². The predicted molar refractivity (Wildman–Crippen MR) is 87.0 cm³/mol. The fraction of sp³-hybridized carbons (Fsp3) is 0.467. The maximum absolute atomic E-state index is 11.6. The van der Waals surface area contributed by atoms with Gasteiger partial charge < -0.3 is 9.47 Å². The van der Waals surface area contributed by atoms with Crippen LogP contribution >= 0.6 is 23.1 Å². The molecule has 114 valence electrons. The lowest BCUT2D eigenvalue weighted by Crippen LogP contribution is -2.13. The van der Waals surface area contributed by atoms with Crippen LogP contribution in [0.5, 0.6) is 0 Å². The lowest BCUT2D eigenvalue weighted by molar-refractivity contribution is -0.145. The van der Waals surface area contributed by atoms with Crippen molar-refractivity contribution in [3.8, 4) is 0 Å². The van der Waals surface area contributed by atoms with Crippen molar-refractivity contribution in [3.63, 3.8) is 0 Å². The van der Waals surface area contributed by atoms with Gasteiger partial charge in [-0.25, -0.2) is 4.98 Å². The molecular formula is C15H19NO3S2. The number of hydrogen-bond acceptors (Lipinski definition) is 6. The highest BCUT2D eigenvalue weighted by Gasteiger charge is 2.12. The Morgan fingerprint density at radius 2 is 2.19 bits per heavy atom. The van der Waals surface area contributed by atoms with E-state index in [9.17, 15) is 4.79 Å². The summed E-state index contributed by atoms with van der Waals surface area (Å²) in [6.45, 7) is 2.82. The Bertz CT molecular complexity index is 552. The lowest BCUT2D eigenvalue weighted by Gasteiger charge is -2.09. The normalized spacial score (nSPS) is 12.5. The largest absolute Gasteiger partial charge is 0.463 e. The maximum Gasteiger partial charge on any atom is 0.306 e. The summed E-state index contributed by atoms with van der Waals surface area (Å²) in [6.07, 6.45) is 0.432. The molecule has 1 atom stereocenters. The zero-order valence-electron chi connectivity index (χ0n) is 12.2. The van der Waals surface area contributed by atoms with Crippen LogP contribution in [-0.4, -0.2) is 37.0 Å². The van der Waals surface area contributed by atoms with E-state index in [0.29, 0.717) is 19.6 Å². The molecule has 0 spiro atoms. The highest BCUT2D eigenvalue weighted by Crippen LogP contribution is 2.30. The van der Waals surface area contributed by atoms with Crippen LogP contribution in [0.15, 0.2) is 28.6 Å². The molecule has 1 heterocycles. The Hall–Kier alpha value is -1.11. The van der Waals surface area contributed by atoms with Crippen molar-refractivity contribution in [1.82, 2.24) is 4.98 Å². The maximum atomic E-state index is 11.6. The minimum atomic E-state index is -0.163. The second-order valence-corrected chi connectivity index (χ2v) is 7.08. The van der Waals surface area contributed by atoms with Crippen LogP contribution in [-0.2, 0) is 14.3 Å². The summed E-state index contributed by atoms with van der Waals surface area (Å²) in [5.41, 5.74) is 1.04. The van der Waals surface area contributed by atoms with Gasteiger partial charge in [0.1, 0.15) is 6.61 Å². The van der Waals surface area contributed by atoms with Crippen LogP contribution in [0.3, 0.4) is 0 Å². The Kier molecular flexibility index (Phi) is 6.48. The fourth-order valence-corrected chi connectivity index (χ4v) is 3.88. The molecule has 0 saturated heterocycles. The van der Waals surface area contributed by atoms with E-state index in [0.717, 1.165) is 15.6 Å². The second-order valence-electron chi connectivity index (χ2n) is 4.78. The highest BCUT2D eigenvalue weighted by atomic mass is 32.2. The number of thiazole rings is 1. The van der Waals surface area contributed by atoms with Crippen molar-refractivity contribution in [3.05, 3.63) is 24.3 Å². The first-order valence-electron chi connectivity index (χ1n) is 6.82. The number of para-hydroxylation sites is 1. The van der Waals surface area contributed by atoms with E-state index in [1.165, 1.54) is 4.70 Å². The summed E-state index contributed by atoms with van der Waals surface area (Å²) >= 11 is 3.39. The monoisotopic (exact) mass is 325 g/mol. The van der Waals surface area contributed by atoms with Gasteiger partial charge in [0.25, 0.3) is 0 Å². The third-order valence-electron chi connectivity index (χ3n) is 2.83. The van der Waals surface area contributed by atoms with E-state index in [4.69, 9.17) is 9.47 Å².